The third-order valence-corrected chi connectivity index (χ3v) is 6.47. The van der Waals surface area contributed by atoms with Crippen LogP contribution in [0.25, 0.3) is 27.8 Å². The molecule has 0 unspecified atom stereocenters. The van der Waals surface area contributed by atoms with E-state index in [0.29, 0.717) is 23.3 Å². The first-order valence-electron chi connectivity index (χ1n) is 10.3. The highest BCUT2D eigenvalue weighted by molar-refractivity contribution is 5.97. The normalized spacial score (nSPS) is 18.7. The zero-order valence-corrected chi connectivity index (χ0v) is 16.8. The van der Waals surface area contributed by atoms with Gasteiger partial charge in [-0.2, -0.15) is 15.1 Å². The highest BCUT2D eigenvalue weighted by atomic mass is 16.5. The summed E-state index contributed by atoms with van der Waals surface area (Å²) in [5, 5.41) is 8.60. The smallest absolute Gasteiger partial charge is 0.228 e. The Morgan fingerprint density at radius 1 is 1.23 bits per heavy atom. The summed E-state index contributed by atoms with van der Waals surface area (Å²) < 4.78 is 12.8. The number of aromatic nitrogens is 6. The quantitative estimate of drug-likeness (QED) is 0.538. The number of fused-ring (bicyclic) bond motifs is 2. The zero-order chi connectivity index (χ0) is 20.1. The van der Waals surface area contributed by atoms with Crippen LogP contribution in [0.5, 0.6) is 5.88 Å². The minimum atomic E-state index is 0.377. The average molecular weight is 405 g/mol. The van der Waals surface area contributed by atoms with Crippen molar-refractivity contribution >= 4 is 22.6 Å². The lowest BCUT2D eigenvalue weighted by atomic mass is 9.71. The van der Waals surface area contributed by atoms with Crippen molar-refractivity contribution in [2.45, 2.75) is 31.7 Å². The van der Waals surface area contributed by atoms with Crippen molar-refractivity contribution in [2.75, 3.05) is 25.6 Å². The summed E-state index contributed by atoms with van der Waals surface area (Å²) in [5.74, 6) is 1.15. The van der Waals surface area contributed by atoms with Gasteiger partial charge in [0.25, 0.3) is 0 Å². The maximum Gasteiger partial charge on any atom is 0.228 e. The highest BCUT2D eigenvalue weighted by Crippen LogP contribution is 2.43. The number of nitrogens with zero attached hydrogens (tertiary/aromatic N) is 5. The van der Waals surface area contributed by atoms with Gasteiger partial charge in [-0.3, -0.25) is 0 Å². The van der Waals surface area contributed by atoms with Gasteiger partial charge in [-0.1, -0.05) is 0 Å². The van der Waals surface area contributed by atoms with Crippen LogP contribution in [0, 0.1) is 5.41 Å². The fraction of sp³-hybridized carbons (Fsp3) is 0.429. The summed E-state index contributed by atoms with van der Waals surface area (Å²) in [6.07, 6.45) is 10.0. The van der Waals surface area contributed by atoms with E-state index in [1.165, 1.54) is 12.8 Å². The first-order valence-corrected chi connectivity index (χ1v) is 10.3. The molecule has 1 aliphatic heterocycles. The second-order valence-corrected chi connectivity index (χ2v) is 8.37. The van der Waals surface area contributed by atoms with Gasteiger partial charge in [0.05, 0.1) is 25.7 Å². The molecule has 2 aliphatic rings. The molecule has 154 valence electrons. The number of pyridine rings is 1. The molecule has 2 N–H and O–H groups in total. The maximum absolute atomic E-state index is 5.65. The molecule has 1 saturated heterocycles. The predicted molar refractivity (Wildman–Crippen MR) is 112 cm³/mol. The SMILES string of the molecule is COc1nc(NC2CCC3(CC2)COC3)nc2[nH]cc(-c3ccc4ncnn4c3)c12. The Hall–Kier alpha value is -3.20. The van der Waals surface area contributed by atoms with Crippen molar-refractivity contribution < 1.29 is 9.47 Å². The predicted octanol–water partition coefficient (Wildman–Crippen LogP) is 3.05. The lowest BCUT2D eigenvalue weighted by Crippen LogP contribution is -2.47. The highest BCUT2D eigenvalue weighted by Gasteiger charge is 2.41. The lowest BCUT2D eigenvalue weighted by molar-refractivity contribution is -0.131. The number of H-pyrrole nitrogens is 1. The van der Waals surface area contributed by atoms with E-state index in [-0.39, 0.29) is 0 Å². The Labute approximate surface area is 172 Å². The third kappa shape index (κ3) is 2.80. The molecule has 4 aromatic heterocycles. The molecule has 0 atom stereocenters. The molecule has 9 heteroatoms. The summed E-state index contributed by atoms with van der Waals surface area (Å²) in [6.45, 7) is 1.84. The second kappa shape index (κ2) is 6.66. The number of anilines is 1. The minimum Gasteiger partial charge on any atom is -0.480 e. The number of aromatic amines is 1. The Morgan fingerprint density at radius 2 is 2.10 bits per heavy atom. The van der Waals surface area contributed by atoms with Crippen LogP contribution in [0.2, 0.25) is 0 Å². The zero-order valence-electron chi connectivity index (χ0n) is 16.8. The van der Waals surface area contributed by atoms with Crippen molar-refractivity contribution in [3.8, 4) is 17.0 Å². The van der Waals surface area contributed by atoms with Crippen LogP contribution in [0.3, 0.4) is 0 Å². The molecule has 0 bridgehead atoms. The van der Waals surface area contributed by atoms with Gasteiger partial charge >= 0.3 is 0 Å². The summed E-state index contributed by atoms with van der Waals surface area (Å²) in [5.41, 5.74) is 3.94. The topological polar surface area (TPSA) is 102 Å². The number of nitrogens with one attached hydrogen (secondary N) is 2. The number of hydrogen-bond acceptors (Lipinski definition) is 7. The number of ether oxygens (including phenoxy) is 2. The Kier molecular flexibility index (Phi) is 3.92. The van der Waals surface area contributed by atoms with Gasteiger partial charge in [0.15, 0.2) is 5.65 Å². The van der Waals surface area contributed by atoms with Gasteiger partial charge in [0, 0.05) is 35.0 Å². The molecule has 6 rings (SSSR count). The van der Waals surface area contributed by atoms with Gasteiger partial charge in [0.2, 0.25) is 11.8 Å². The Morgan fingerprint density at radius 3 is 2.87 bits per heavy atom. The van der Waals surface area contributed by atoms with Gasteiger partial charge in [0.1, 0.15) is 12.0 Å². The monoisotopic (exact) mass is 405 g/mol. The molecule has 4 aromatic rings. The van der Waals surface area contributed by atoms with Crippen molar-refractivity contribution in [3.63, 3.8) is 0 Å². The molecule has 0 radical (unpaired) electrons. The summed E-state index contributed by atoms with van der Waals surface area (Å²) in [4.78, 5) is 16.9. The van der Waals surface area contributed by atoms with Gasteiger partial charge in [-0.25, -0.2) is 9.50 Å². The first kappa shape index (κ1) is 17.6. The second-order valence-electron chi connectivity index (χ2n) is 8.37. The van der Waals surface area contributed by atoms with Crippen LogP contribution in [0.15, 0.2) is 30.9 Å². The molecular formula is C21H23N7O2. The average Bonchev–Trinajstić information content (AvgIpc) is 3.39. The molecule has 5 heterocycles. The van der Waals surface area contributed by atoms with E-state index < -0.39 is 0 Å². The Bertz CT molecular complexity index is 1220. The number of rotatable bonds is 4. The van der Waals surface area contributed by atoms with E-state index in [1.54, 1.807) is 18.0 Å². The van der Waals surface area contributed by atoms with Crippen molar-refractivity contribution in [1.29, 1.82) is 0 Å². The molecular weight excluding hydrogens is 382 g/mol. The molecule has 1 saturated carbocycles. The van der Waals surface area contributed by atoms with E-state index in [9.17, 15) is 0 Å². The van der Waals surface area contributed by atoms with Crippen molar-refractivity contribution in [3.05, 3.63) is 30.9 Å². The number of hydrogen-bond donors (Lipinski definition) is 2. The molecule has 30 heavy (non-hydrogen) atoms. The standard InChI is InChI=1S/C21H23N7O2/c1-29-19-17-15(13-2-3-16-23-12-24-28(16)9-13)8-22-18(17)26-20(27-19)25-14-4-6-21(7-5-14)10-30-11-21/h2-3,8-9,12,14H,4-7,10-11H2,1H3,(H2,22,25,26,27). The molecule has 9 nitrogen and oxygen atoms in total. The minimum absolute atomic E-state index is 0.377. The summed E-state index contributed by atoms with van der Waals surface area (Å²) in [6, 6.07) is 4.33. The van der Waals surface area contributed by atoms with E-state index in [4.69, 9.17) is 14.5 Å². The van der Waals surface area contributed by atoms with Crippen LogP contribution >= 0.6 is 0 Å². The summed E-state index contributed by atoms with van der Waals surface area (Å²) >= 11 is 0. The Balaban J connectivity index is 1.31. The lowest BCUT2D eigenvalue weighted by Gasteiger charge is -2.46. The van der Waals surface area contributed by atoms with Gasteiger partial charge in [-0.15, -0.1) is 0 Å². The van der Waals surface area contributed by atoms with Crippen LogP contribution < -0.4 is 10.1 Å². The maximum atomic E-state index is 5.65. The van der Waals surface area contributed by atoms with Gasteiger partial charge < -0.3 is 19.8 Å². The fourth-order valence-corrected chi connectivity index (χ4v) is 4.65. The first-order chi connectivity index (χ1) is 14.7. The van der Waals surface area contributed by atoms with Crippen LogP contribution in [0.1, 0.15) is 25.7 Å². The van der Waals surface area contributed by atoms with E-state index in [0.717, 1.165) is 53.9 Å². The number of methoxy groups -OCH3 is 1. The van der Waals surface area contributed by atoms with Crippen molar-refractivity contribution in [2.24, 2.45) is 5.41 Å². The molecule has 0 amide bonds. The van der Waals surface area contributed by atoms with E-state index in [1.807, 2.05) is 24.5 Å². The molecule has 1 spiro atoms. The molecule has 1 aliphatic carbocycles. The van der Waals surface area contributed by atoms with E-state index >= 15 is 0 Å². The third-order valence-electron chi connectivity index (χ3n) is 6.47. The summed E-state index contributed by atoms with van der Waals surface area (Å²) in [7, 11) is 1.64. The fourth-order valence-electron chi connectivity index (χ4n) is 4.65. The van der Waals surface area contributed by atoms with Crippen molar-refractivity contribution in [1.82, 2.24) is 29.5 Å². The van der Waals surface area contributed by atoms with Crippen LogP contribution in [-0.2, 0) is 4.74 Å². The van der Waals surface area contributed by atoms with Crippen LogP contribution in [-0.4, -0.2) is 55.9 Å². The molecule has 0 aromatic carbocycles. The van der Waals surface area contributed by atoms with E-state index in [2.05, 4.69) is 25.4 Å². The van der Waals surface area contributed by atoms with Crippen LogP contribution in [0.4, 0.5) is 5.95 Å². The van der Waals surface area contributed by atoms with Gasteiger partial charge in [-0.05, 0) is 37.8 Å². The largest absolute Gasteiger partial charge is 0.480 e. The molecule has 2 fully saturated rings.